The first-order valence-electron chi connectivity index (χ1n) is 6.22. The van der Waals surface area contributed by atoms with Gasteiger partial charge in [0.25, 0.3) is 0 Å². The molecule has 0 saturated carbocycles. The summed E-state index contributed by atoms with van der Waals surface area (Å²) in [7, 11) is 0. The summed E-state index contributed by atoms with van der Waals surface area (Å²) in [6, 6.07) is 9.07. The van der Waals surface area contributed by atoms with Gasteiger partial charge in [0.05, 0.1) is 12.6 Å². The fourth-order valence-electron chi connectivity index (χ4n) is 2.45. The van der Waals surface area contributed by atoms with Crippen LogP contribution in [0.4, 0.5) is 0 Å². The first kappa shape index (κ1) is 14.2. The summed E-state index contributed by atoms with van der Waals surface area (Å²) >= 11 is 15.7. The Hall–Kier alpha value is -0.740. The molecule has 1 aliphatic rings. The molecule has 104 valence electrons. The number of rotatable bonds is 2. The number of halogens is 3. The number of hydrogen-bond acceptors (Lipinski definition) is 2. The second-order valence-electron chi connectivity index (χ2n) is 4.73. The highest BCUT2D eigenvalue weighted by Crippen LogP contribution is 2.39. The zero-order valence-electron chi connectivity index (χ0n) is 10.5. The smallest absolute Gasteiger partial charge is 0.127 e. The summed E-state index contributed by atoms with van der Waals surface area (Å²) in [6.07, 6.45) is 0.906. The third kappa shape index (κ3) is 2.56. The standard InChI is InChI=1S/C15H12BrCl2NO/c16-9-5-8-3-4-20-15(8)12(6-9)14(19)11-2-1-10(17)7-13(11)18/h1-2,5-7,14H,3-4,19H2. The zero-order valence-corrected chi connectivity index (χ0v) is 13.6. The molecule has 1 heterocycles. The maximum absolute atomic E-state index is 6.38. The largest absolute Gasteiger partial charge is 0.493 e. The number of hydrogen-bond donors (Lipinski definition) is 1. The van der Waals surface area contributed by atoms with E-state index in [1.807, 2.05) is 12.1 Å². The number of ether oxygens (including phenoxy) is 1. The molecule has 0 aromatic heterocycles. The average Bonchev–Trinajstić information content (AvgIpc) is 2.85. The van der Waals surface area contributed by atoms with Gasteiger partial charge in [-0.2, -0.15) is 0 Å². The molecular formula is C15H12BrCl2NO. The molecule has 1 aliphatic heterocycles. The van der Waals surface area contributed by atoms with Crippen LogP contribution in [0, 0.1) is 0 Å². The van der Waals surface area contributed by atoms with Gasteiger partial charge in [0.15, 0.2) is 0 Å². The van der Waals surface area contributed by atoms with Crippen molar-refractivity contribution in [2.24, 2.45) is 5.73 Å². The van der Waals surface area contributed by atoms with Crippen molar-refractivity contribution in [1.82, 2.24) is 0 Å². The molecule has 0 spiro atoms. The molecule has 5 heteroatoms. The van der Waals surface area contributed by atoms with Gasteiger partial charge in [0.1, 0.15) is 5.75 Å². The van der Waals surface area contributed by atoms with E-state index in [1.165, 1.54) is 5.56 Å². The summed E-state index contributed by atoms with van der Waals surface area (Å²) in [5.41, 5.74) is 9.34. The van der Waals surface area contributed by atoms with Crippen molar-refractivity contribution < 1.29 is 4.74 Å². The minimum atomic E-state index is -0.343. The Morgan fingerprint density at radius 1 is 1.15 bits per heavy atom. The normalized spacial score (nSPS) is 14.8. The molecule has 2 aromatic carbocycles. The topological polar surface area (TPSA) is 35.2 Å². The van der Waals surface area contributed by atoms with Gasteiger partial charge in [-0.15, -0.1) is 0 Å². The van der Waals surface area contributed by atoms with Gasteiger partial charge >= 0.3 is 0 Å². The first-order valence-corrected chi connectivity index (χ1v) is 7.77. The summed E-state index contributed by atoms with van der Waals surface area (Å²) in [4.78, 5) is 0. The maximum Gasteiger partial charge on any atom is 0.127 e. The molecule has 1 unspecified atom stereocenters. The van der Waals surface area contributed by atoms with Crippen molar-refractivity contribution in [3.05, 3.63) is 61.5 Å². The molecule has 0 saturated heterocycles. The lowest BCUT2D eigenvalue weighted by Crippen LogP contribution is -2.13. The van der Waals surface area contributed by atoms with E-state index in [1.54, 1.807) is 12.1 Å². The molecule has 0 aliphatic carbocycles. The van der Waals surface area contributed by atoms with Crippen molar-refractivity contribution in [2.75, 3.05) is 6.61 Å². The van der Waals surface area contributed by atoms with Crippen LogP contribution < -0.4 is 10.5 Å². The molecule has 3 rings (SSSR count). The van der Waals surface area contributed by atoms with Crippen LogP contribution in [0.25, 0.3) is 0 Å². The van der Waals surface area contributed by atoms with Crippen LogP contribution in [0.5, 0.6) is 5.75 Å². The van der Waals surface area contributed by atoms with Crippen LogP contribution in [0.2, 0.25) is 10.0 Å². The SMILES string of the molecule is NC(c1ccc(Cl)cc1Cl)c1cc(Br)cc2c1OCC2. The number of nitrogens with two attached hydrogens (primary N) is 1. The molecular weight excluding hydrogens is 361 g/mol. The predicted molar refractivity (Wildman–Crippen MR) is 85.8 cm³/mol. The summed E-state index contributed by atoms with van der Waals surface area (Å²) < 4.78 is 6.72. The molecule has 0 bridgehead atoms. The van der Waals surface area contributed by atoms with Crippen LogP contribution in [0.3, 0.4) is 0 Å². The van der Waals surface area contributed by atoms with E-state index < -0.39 is 0 Å². The van der Waals surface area contributed by atoms with E-state index >= 15 is 0 Å². The molecule has 2 nitrogen and oxygen atoms in total. The highest BCUT2D eigenvalue weighted by molar-refractivity contribution is 9.10. The highest BCUT2D eigenvalue weighted by atomic mass is 79.9. The van der Waals surface area contributed by atoms with E-state index in [2.05, 4.69) is 22.0 Å². The summed E-state index contributed by atoms with van der Waals surface area (Å²) in [5, 5.41) is 1.17. The molecule has 2 N–H and O–H groups in total. The first-order chi connectivity index (χ1) is 9.56. The minimum absolute atomic E-state index is 0.343. The van der Waals surface area contributed by atoms with Crippen LogP contribution >= 0.6 is 39.1 Å². The van der Waals surface area contributed by atoms with Crippen LogP contribution in [0.15, 0.2) is 34.8 Å². The third-order valence-electron chi connectivity index (χ3n) is 3.41. The van der Waals surface area contributed by atoms with E-state index in [0.717, 1.165) is 27.8 Å². The molecule has 0 amide bonds. The highest BCUT2D eigenvalue weighted by Gasteiger charge is 2.23. The molecule has 2 aromatic rings. The van der Waals surface area contributed by atoms with Crippen LogP contribution in [-0.2, 0) is 6.42 Å². The van der Waals surface area contributed by atoms with Gasteiger partial charge in [0.2, 0.25) is 0 Å². The Morgan fingerprint density at radius 3 is 2.70 bits per heavy atom. The van der Waals surface area contributed by atoms with Crippen molar-refractivity contribution in [2.45, 2.75) is 12.5 Å². The third-order valence-corrected chi connectivity index (χ3v) is 4.43. The van der Waals surface area contributed by atoms with Gasteiger partial charge in [-0.25, -0.2) is 0 Å². The molecule has 0 radical (unpaired) electrons. The van der Waals surface area contributed by atoms with Gasteiger partial charge in [-0.1, -0.05) is 45.2 Å². The number of benzene rings is 2. The second-order valence-corrected chi connectivity index (χ2v) is 6.48. The van der Waals surface area contributed by atoms with E-state index in [0.29, 0.717) is 16.7 Å². The second kappa shape index (κ2) is 5.57. The average molecular weight is 373 g/mol. The monoisotopic (exact) mass is 371 g/mol. The van der Waals surface area contributed by atoms with Crippen molar-refractivity contribution >= 4 is 39.1 Å². The van der Waals surface area contributed by atoms with Crippen molar-refractivity contribution in [3.8, 4) is 5.75 Å². The van der Waals surface area contributed by atoms with Gasteiger partial charge < -0.3 is 10.5 Å². The van der Waals surface area contributed by atoms with Gasteiger partial charge in [0, 0.05) is 26.5 Å². The van der Waals surface area contributed by atoms with Crippen LogP contribution in [0.1, 0.15) is 22.7 Å². The van der Waals surface area contributed by atoms with Crippen molar-refractivity contribution in [1.29, 1.82) is 0 Å². The predicted octanol–water partition coefficient (Wildman–Crippen LogP) is 4.74. The summed E-state index contributed by atoms with van der Waals surface area (Å²) in [5.74, 6) is 0.881. The lowest BCUT2D eigenvalue weighted by atomic mass is 9.96. The van der Waals surface area contributed by atoms with E-state index in [-0.39, 0.29) is 6.04 Å². The lowest BCUT2D eigenvalue weighted by Gasteiger charge is -2.18. The Balaban J connectivity index is 2.09. The number of fused-ring (bicyclic) bond motifs is 1. The fraction of sp³-hybridized carbons (Fsp3) is 0.200. The van der Waals surface area contributed by atoms with Gasteiger partial charge in [-0.05, 0) is 35.4 Å². The molecule has 0 fully saturated rings. The van der Waals surface area contributed by atoms with Gasteiger partial charge in [-0.3, -0.25) is 0 Å². The minimum Gasteiger partial charge on any atom is -0.493 e. The molecule has 1 atom stereocenters. The summed E-state index contributed by atoms with van der Waals surface area (Å²) in [6.45, 7) is 0.694. The van der Waals surface area contributed by atoms with E-state index in [4.69, 9.17) is 33.7 Å². The van der Waals surface area contributed by atoms with Crippen molar-refractivity contribution in [3.63, 3.8) is 0 Å². The van der Waals surface area contributed by atoms with E-state index in [9.17, 15) is 0 Å². The maximum atomic E-state index is 6.38. The Labute approximate surface area is 136 Å². The van der Waals surface area contributed by atoms with Crippen LogP contribution in [-0.4, -0.2) is 6.61 Å². The fourth-order valence-corrected chi connectivity index (χ4v) is 3.50. The Morgan fingerprint density at radius 2 is 1.95 bits per heavy atom. The molecule has 20 heavy (non-hydrogen) atoms. The Kier molecular flexibility index (Phi) is 3.95. The zero-order chi connectivity index (χ0) is 14.3. The Bertz CT molecular complexity index is 675. The quantitative estimate of drug-likeness (QED) is 0.826. The lowest BCUT2D eigenvalue weighted by molar-refractivity contribution is 0.352.